The van der Waals surface area contributed by atoms with Crippen LogP contribution in [0, 0.1) is 0 Å². The SMILES string of the molecule is O=c1cc(C(F)F)ncn1CCO. The van der Waals surface area contributed by atoms with E-state index in [-0.39, 0.29) is 13.2 Å². The highest BCUT2D eigenvalue weighted by molar-refractivity contribution is 5.00. The van der Waals surface area contributed by atoms with Crippen LogP contribution in [0.3, 0.4) is 0 Å². The highest BCUT2D eigenvalue weighted by atomic mass is 19.3. The molecule has 0 radical (unpaired) electrons. The summed E-state index contributed by atoms with van der Waals surface area (Å²) in [5.41, 5.74) is -1.13. The standard InChI is InChI=1S/C7H8F2N2O2/c8-7(9)5-3-6(13)11(1-2-12)4-10-5/h3-4,7,12H,1-2H2. The Labute approximate surface area is 72.5 Å². The molecule has 0 atom stereocenters. The van der Waals surface area contributed by atoms with Gasteiger partial charge in [-0.15, -0.1) is 0 Å². The van der Waals surface area contributed by atoms with E-state index in [1.54, 1.807) is 0 Å². The minimum absolute atomic E-state index is 0.0648. The number of aliphatic hydroxyl groups excluding tert-OH is 1. The van der Waals surface area contributed by atoms with Crippen LogP contribution in [0.5, 0.6) is 0 Å². The van der Waals surface area contributed by atoms with Crippen LogP contribution in [0.25, 0.3) is 0 Å². The number of aliphatic hydroxyl groups is 1. The fourth-order valence-corrected chi connectivity index (χ4v) is 0.835. The van der Waals surface area contributed by atoms with Gasteiger partial charge in [0, 0.05) is 6.07 Å². The molecule has 1 heterocycles. The van der Waals surface area contributed by atoms with Gasteiger partial charge in [0.15, 0.2) is 0 Å². The van der Waals surface area contributed by atoms with Crippen LogP contribution >= 0.6 is 0 Å². The van der Waals surface area contributed by atoms with Crippen LogP contribution in [0.15, 0.2) is 17.2 Å². The highest BCUT2D eigenvalue weighted by Crippen LogP contribution is 2.12. The van der Waals surface area contributed by atoms with Crippen molar-refractivity contribution >= 4 is 0 Å². The van der Waals surface area contributed by atoms with Crippen LogP contribution in [-0.4, -0.2) is 21.3 Å². The van der Waals surface area contributed by atoms with Gasteiger partial charge in [-0.05, 0) is 0 Å². The first-order valence-electron chi connectivity index (χ1n) is 3.60. The van der Waals surface area contributed by atoms with Gasteiger partial charge in [0.1, 0.15) is 5.69 Å². The van der Waals surface area contributed by atoms with Crippen molar-refractivity contribution in [1.82, 2.24) is 9.55 Å². The maximum atomic E-state index is 12.0. The monoisotopic (exact) mass is 190 g/mol. The minimum atomic E-state index is -2.74. The summed E-state index contributed by atoms with van der Waals surface area (Å²) >= 11 is 0. The minimum Gasteiger partial charge on any atom is -0.395 e. The molecule has 1 aromatic rings. The molecule has 0 bridgehead atoms. The summed E-state index contributed by atoms with van der Waals surface area (Å²) in [6.07, 6.45) is -1.74. The second kappa shape index (κ2) is 4.08. The molecule has 0 aromatic carbocycles. The van der Waals surface area contributed by atoms with E-state index in [1.165, 1.54) is 0 Å². The van der Waals surface area contributed by atoms with Crippen molar-refractivity contribution in [3.63, 3.8) is 0 Å². The van der Waals surface area contributed by atoms with Crippen molar-refractivity contribution in [3.8, 4) is 0 Å². The van der Waals surface area contributed by atoms with Crippen LogP contribution in [-0.2, 0) is 6.54 Å². The van der Waals surface area contributed by atoms with Gasteiger partial charge in [0.2, 0.25) is 0 Å². The summed E-state index contributed by atoms with van der Waals surface area (Å²) in [6, 6.07) is 0.764. The lowest BCUT2D eigenvalue weighted by molar-refractivity contribution is 0.145. The third-order valence-corrected chi connectivity index (χ3v) is 1.47. The first kappa shape index (κ1) is 9.79. The topological polar surface area (TPSA) is 55.1 Å². The summed E-state index contributed by atoms with van der Waals surface area (Å²) < 4.78 is 25.1. The molecule has 1 aromatic heterocycles. The summed E-state index contributed by atoms with van der Waals surface area (Å²) in [7, 11) is 0. The molecule has 0 spiro atoms. The molecule has 13 heavy (non-hydrogen) atoms. The molecule has 0 aliphatic carbocycles. The molecule has 6 heteroatoms. The highest BCUT2D eigenvalue weighted by Gasteiger charge is 2.09. The Hall–Kier alpha value is -1.30. The predicted molar refractivity (Wildman–Crippen MR) is 40.5 cm³/mol. The van der Waals surface area contributed by atoms with Gasteiger partial charge < -0.3 is 5.11 Å². The molecular formula is C7H8F2N2O2. The van der Waals surface area contributed by atoms with Crippen molar-refractivity contribution in [2.75, 3.05) is 6.61 Å². The van der Waals surface area contributed by atoms with Gasteiger partial charge in [-0.1, -0.05) is 0 Å². The van der Waals surface area contributed by atoms with Crippen LogP contribution in [0.1, 0.15) is 12.1 Å². The first-order chi connectivity index (χ1) is 6.15. The number of hydrogen-bond acceptors (Lipinski definition) is 3. The zero-order valence-electron chi connectivity index (χ0n) is 6.65. The Bertz CT molecular complexity index is 338. The summed E-state index contributed by atoms with van der Waals surface area (Å²) in [5, 5.41) is 8.49. The maximum Gasteiger partial charge on any atom is 0.280 e. The van der Waals surface area contributed by atoms with Crippen LogP contribution in [0.2, 0.25) is 0 Å². The normalized spacial score (nSPS) is 10.8. The lowest BCUT2D eigenvalue weighted by atomic mass is 10.4. The summed E-state index contributed by atoms with van der Waals surface area (Å²) in [4.78, 5) is 14.4. The Morgan fingerprint density at radius 3 is 2.77 bits per heavy atom. The molecule has 72 valence electrons. The Balaban J connectivity index is 2.99. The lowest BCUT2D eigenvalue weighted by Crippen LogP contribution is -2.22. The average molecular weight is 190 g/mol. The molecule has 4 nitrogen and oxygen atoms in total. The van der Waals surface area contributed by atoms with Gasteiger partial charge in [0.05, 0.1) is 19.5 Å². The average Bonchev–Trinajstić information content (AvgIpc) is 2.08. The van der Waals surface area contributed by atoms with E-state index >= 15 is 0 Å². The van der Waals surface area contributed by atoms with Gasteiger partial charge in [-0.2, -0.15) is 0 Å². The smallest absolute Gasteiger partial charge is 0.280 e. The van der Waals surface area contributed by atoms with Crippen molar-refractivity contribution in [2.24, 2.45) is 0 Å². The van der Waals surface area contributed by atoms with Crippen LogP contribution in [0.4, 0.5) is 8.78 Å². The molecule has 0 aliphatic rings. The van der Waals surface area contributed by atoms with E-state index in [9.17, 15) is 13.6 Å². The molecule has 0 aliphatic heterocycles. The van der Waals surface area contributed by atoms with Gasteiger partial charge in [0.25, 0.3) is 12.0 Å². The largest absolute Gasteiger partial charge is 0.395 e. The number of alkyl halides is 2. The zero-order chi connectivity index (χ0) is 9.84. The number of nitrogens with zero attached hydrogens (tertiary/aromatic N) is 2. The van der Waals surface area contributed by atoms with Crippen molar-refractivity contribution in [1.29, 1.82) is 0 Å². The zero-order valence-corrected chi connectivity index (χ0v) is 6.65. The van der Waals surface area contributed by atoms with E-state index in [0.29, 0.717) is 0 Å². The number of rotatable bonds is 3. The van der Waals surface area contributed by atoms with Crippen molar-refractivity contribution < 1.29 is 13.9 Å². The molecule has 0 amide bonds. The van der Waals surface area contributed by atoms with E-state index in [2.05, 4.69) is 4.98 Å². The van der Waals surface area contributed by atoms with Crippen LogP contribution < -0.4 is 5.56 Å². The first-order valence-corrected chi connectivity index (χ1v) is 3.60. The fraction of sp³-hybridized carbons (Fsp3) is 0.429. The van der Waals surface area contributed by atoms with E-state index in [1.807, 2.05) is 0 Å². The third kappa shape index (κ3) is 2.32. The van der Waals surface area contributed by atoms with E-state index in [0.717, 1.165) is 17.0 Å². The molecular weight excluding hydrogens is 182 g/mol. The molecule has 0 saturated carbocycles. The summed E-state index contributed by atoms with van der Waals surface area (Å²) in [6.45, 7) is -0.162. The molecule has 0 fully saturated rings. The Morgan fingerprint density at radius 2 is 2.31 bits per heavy atom. The number of halogens is 2. The Morgan fingerprint density at radius 1 is 1.62 bits per heavy atom. The molecule has 0 unspecified atom stereocenters. The molecule has 0 saturated heterocycles. The third-order valence-electron chi connectivity index (χ3n) is 1.47. The van der Waals surface area contributed by atoms with Gasteiger partial charge >= 0.3 is 0 Å². The van der Waals surface area contributed by atoms with E-state index in [4.69, 9.17) is 5.11 Å². The van der Waals surface area contributed by atoms with Gasteiger partial charge in [-0.3, -0.25) is 9.36 Å². The summed E-state index contributed by atoms with van der Waals surface area (Å²) in [5.74, 6) is 0. The quantitative estimate of drug-likeness (QED) is 0.739. The van der Waals surface area contributed by atoms with Crippen molar-refractivity contribution in [2.45, 2.75) is 13.0 Å². The van der Waals surface area contributed by atoms with E-state index < -0.39 is 17.7 Å². The Kier molecular flexibility index (Phi) is 3.07. The fourth-order valence-electron chi connectivity index (χ4n) is 0.835. The second-order valence-electron chi connectivity index (χ2n) is 2.37. The lowest BCUT2D eigenvalue weighted by Gasteiger charge is -2.02. The molecule has 1 rings (SSSR count). The van der Waals surface area contributed by atoms with Crippen molar-refractivity contribution in [3.05, 3.63) is 28.4 Å². The number of aromatic nitrogens is 2. The van der Waals surface area contributed by atoms with Gasteiger partial charge in [-0.25, -0.2) is 13.8 Å². The second-order valence-corrected chi connectivity index (χ2v) is 2.37. The molecule has 1 N–H and O–H groups in total. The predicted octanol–water partition coefficient (Wildman–Crippen LogP) is 0.173. The maximum absolute atomic E-state index is 12.0. The number of hydrogen-bond donors (Lipinski definition) is 1.